The van der Waals surface area contributed by atoms with Crippen LogP contribution >= 0.6 is 0 Å². The fourth-order valence-corrected chi connectivity index (χ4v) is 1.79. The van der Waals surface area contributed by atoms with Crippen LogP contribution in [0.1, 0.15) is 19.4 Å². The normalized spacial score (nSPS) is 10.8. The van der Waals surface area contributed by atoms with Crippen molar-refractivity contribution in [3.63, 3.8) is 0 Å². The standard InChI is InChI=1S/C12H16N4O2/c1-3-14-6-5-11(17)16(12(14)18)9-10-7-13-15(4-2)8-10/h5-8H,3-4,9H2,1-2H3. The topological polar surface area (TPSA) is 61.8 Å². The molecule has 2 rings (SSSR count). The van der Waals surface area contributed by atoms with Crippen LogP contribution < -0.4 is 11.2 Å². The van der Waals surface area contributed by atoms with Crippen LogP contribution in [0.3, 0.4) is 0 Å². The van der Waals surface area contributed by atoms with Crippen LogP contribution in [0, 0.1) is 0 Å². The lowest BCUT2D eigenvalue weighted by Gasteiger charge is -2.06. The van der Waals surface area contributed by atoms with Gasteiger partial charge in [0.15, 0.2) is 0 Å². The van der Waals surface area contributed by atoms with Crippen molar-refractivity contribution in [2.45, 2.75) is 33.5 Å². The molecule has 0 radical (unpaired) electrons. The Bertz CT molecular complexity index is 651. The first-order valence-corrected chi connectivity index (χ1v) is 5.97. The minimum atomic E-state index is -0.283. The molecular formula is C12H16N4O2. The first-order chi connectivity index (χ1) is 8.65. The molecule has 2 aromatic heterocycles. The number of hydrogen-bond acceptors (Lipinski definition) is 3. The molecule has 2 heterocycles. The molecule has 0 fully saturated rings. The average molecular weight is 248 g/mol. The molecule has 0 aromatic carbocycles. The molecule has 0 aliphatic carbocycles. The van der Waals surface area contributed by atoms with E-state index in [1.807, 2.05) is 20.0 Å². The van der Waals surface area contributed by atoms with Gasteiger partial charge in [-0.3, -0.25) is 14.0 Å². The molecule has 0 saturated carbocycles. The summed E-state index contributed by atoms with van der Waals surface area (Å²) in [6, 6.07) is 1.41. The van der Waals surface area contributed by atoms with Gasteiger partial charge >= 0.3 is 5.69 Å². The highest BCUT2D eigenvalue weighted by Crippen LogP contribution is 1.98. The maximum Gasteiger partial charge on any atom is 0.331 e. The maximum absolute atomic E-state index is 12.0. The van der Waals surface area contributed by atoms with Crippen LogP contribution in [-0.4, -0.2) is 18.9 Å². The number of aryl methyl sites for hydroxylation is 2. The summed E-state index contributed by atoms with van der Waals surface area (Å²) in [6.45, 7) is 5.43. The monoisotopic (exact) mass is 248 g/mol. The van der Waals surface area contributed by atoms with Gasteiger partial charge in [-0.2, -0.15) is 5.10 Å². The number of hydrogen-bond donors (Lipinski definition) is 0. The summed E-state index contributed by atoms with van der Waals surface area (Å²) in [7, 11) is 0. The van der Waals surface area contributed by atoms with Crippen molar-refractivity contribution in [1.29, 1.82) is 0 Å². The summed E-state index contributed by atoms with van der Waals surface area (Å²) in [6.07, 6.45) is 5.05. The van der Waals surface area contributed by atoms with Gasteiger partial charge in [0.05, 0.1) is 12.7 Å². The SMILES string of the molecule is CCn1cc(Cn2c(=O)ccn(CC)c2=O)cn1. The Morgan fingerprint density at radius 2 is 2.00 bits per heavy atom. The van der Waals surface area contributed by atoms with Gasteiger partial charge in [-0.1, -0.05) is 0 Å². The van der Waals surface area contributed by atoms with E-state index < -0.39 is 0 Å². The van der Waals surface area contributed by atoms with Gasteiger partial charge < -0.3 is 4.57 Å². The molecular weight excluding hydrogens is 232 g/mol. The molecule has 0 aliphatic rings. The van der Waals surface area contributed by atoms with Crippen LogP contribution in [-0.2, 0) is 19.6 Å². The first kappa shape index (κ1) is 12.3. The molecule has 6 heteroatoms. The third kappa shape index (κ3) is 2.27. The predicted molar refractivity (Wildman–Crippen MR) is 67.6 cm³/mol. The molecule has 0 unspecified atom stereocenters. The van der Waals surface area contributed by atoms with Gasteiger partial charge in [0, 0.05) is 37.1 Å². The van der Waals surface area contributed by atoms with E-state index in [0.29, 0.717) is 6.54 Å². The minimum absolute atomic E-state index is 0.262. The fraction of sp³-hybridized carbons (Fsp3) is 0.417. The van der Waals surface area contributed by atoms with Crippen LogP contribution in [0.15, 0.2) is 34.2 Å². The zero-order valence-corrected chi connectivity index (χ0v) is 10.5. The Kier molecular flexibility index (Phi) is 3.45. The molecule has 18 heavy (non-hydrogen) atoms. The number of rotatable bonds is 4. The van der Waals surface area contributed by atoms with Gasteiger partial charge in [0.1, 0.15) is 0 Å². The zero-order valence-electron chi connectivity index (χ0n) is 10.5. The lowest BCUT2D eigenvalue weighted by molar-refractivity contribution is 0.599. The Hall–Kier alpha value is -2.11. The first-order valence-electron chi connectivity index (χ1n) is 5.97. The maximum atomic E-state index is 12.0. The van der Waals surface area contributed by atoms with E-state index in [9.17, 15) is 9.59 Å². The van der Waals surface area contributed by atoms with Crippen LogP contribution in [0.4, 0.5) is 0 Å². The number of aromatic nitrogens is 4. The summed E-state index contributed by atoms with van der Waals surface area (Å²) in [4.78, 5) is 23.7. The lowest BCUT2D eigenvalue weighted by atomic mass is 10.3. The minimum Gasteiger partial charge on any atom is -0.301 e. The molecule has 0 bridgehead atoms. The summed E-state index contributed by atoms with van der Waals surface area (Å²) >= 11 is 0. The van der Waals surface area contributed by atoms with Gasteiger partial charge in [-0.15, -0.1) is 0 Å². The van der Waals surface area contributed by atoms with Gasteiger partial charge in [0.25, 0.3) is 5.56 Å². The Morgan fingerprint density at radius 1 is 1.22 bits per heavy atom. The van der Waals surface area contributed by atoms with Crippen molar-refractivity contribution < 1.29 is 0 Å². The quantitative estimate of drug-likeness (QED) is 0.781. The van der Waals surface area contributed by atoms with E-state index in [2.05, 4.69) is 5.10 Å². The van der Waals surface area contributed by atoms with E-state index in [-0.39, 0.29) is 17.8 Å². The van der Waals surface area contributed by atoms with Crippen molar-refractivity contribution >= 4 is 0 Å². The van der Waals surface area contributed by atoms with E-state index in [4.69, 9.17) is 0 Å². The second-order valence-electron chi connectivity index (χ2n) is 4.01. The van der Waals surface area contributed by atoms with Crippen molar-refractivity contribution in [1.82, 2.24) is 18.9 Å². The Labute approximate surface area is 104 Å². The van der Waals surface area contributed by atoms with Crippen molar-refractivity contribution in [2.75, 3.05) is 0 Å². The third-order valence-corrected chi connectivity index (χ3v) is 2.83. The van der Waals surface area contributed by atoms with Crippen LogP contribution in [0.5, 0.6) is 0 Å². The highest BCUT2D eigenvalue weighted by atomic mass is 16.2. The lowest BCUT2D eigenvalue weighted by Crippen LogP contribution is -2.38. The van der Waals surface area contributed by atoms with Crippen molar-refractivity contribution in [3.8, 4) is 0 Å². The zero-order chi connectivity index (χ0) is 13.1. The second-order valence-corrected chi connectivity index (χ2v) is 4.01. The van der Waals surface area contributed by atoms with E-state index >= 15 is 0 Å². The second kappa shape index (κ2) is 5.03. The van der Waals surface area contributed by atoms with Crippen LogP contribution in [0.2, 0.25) is 0 Å². The largest absolute Gasteiger partial charge is 0.331 e. The smallest absolute Gasteiger partial charge is 0.301 e. The third-order valence-electron chi connectivity index (χ3n) is 2.83. The Balaban J connectivity index is 2.39. The van der Waals surface area contributed by atoms with Crippen molar-refractivity contribution in [2.24, 2.45) is 0 Å². The summed E-state index contributed by atoms with van der Waals surface area (Å²) in [5.41, 5.74) is 0.285. The molecule has 2 aromatic rings. The molecule has 0 saturated heterocycles. The summed E-state index contributed by atoms with van der Waals surface area (Å²) in [5.74, 6) is 0. The summed E-state index contributed by atoms with van der Waals surface area (Å²) in [5, 5.41) is 4.13. The molecule has 0 spiro atoms. The number of nitrogens with zero attached hydrogens (tertiary/aromatic N) is 4. The van der Waals surface area contributed by atoms with Gasteiger partial charge in [-0.05, 0) is 13.8 Å². The summed E-state index contributed by atoms with van der Waals surface area (Å²) < 4.78 is 4.49. The molecule has 96 valence electrons. The van der Waals surface area contributed by atoms with Gasteiger partial charge in [-0.25, -0.2) is 4.79 Å². The van der Waals surface area contributed by atoms with Crippen LogP contribution in [0.25, 0.3) is 0 Å². The highest BCUT2D eigenvalue weighted by Gasteiger charge is 2.06. The van der Waals surface area contributed by atoms with E-state index in [1.165, 1.54) is 21.4 Å². The van der Waals surface area contributed by atoms with E-state index in [0.717, 1.165) is 12.1 Å². The van der Waals surface area contributed by atoms with Gasteiger partial charge in [0.2, 0.25) is 0 Å². The average Bonchev–Trinajstić information content (AvgIpc) is 2.82. The fourth-order valence-electron chi connectivity index (χ4n) is 1.79. The Morgan fingerprint density at radius 3 is 2.61 bits per heavy atom. The predicted octanol–water partition coefficient (Wildman–Crippen LogP) is 0.295. The molecule has 0 N–H and O–H groups in total. The van der Waals surface area contributed by atoms with Crippen molar-refractivity contribution in [3.05, 3.63) is 51.1 Å². The molecule has 6 nitrogen and oxygen atoms in total. The molecule has 0 aliphatic heterocycles. The molecule has 0 atom stereocenters. The van der Waals surface area contributed by atoms with E-state index in [1.54, 1.807) is 10.9 Å². The highest BCUT2D eigenvalue weighted by molar-refractivity contribution is 5.05. The molecule has 0 amide bonds.